The van der Waals surface area contributed by atoms with E-state index < -0.39 is 5.82 Å². The second-order valence-corrected chi connectivity index (χ2v) is 4.60. The Labute approximate surface area is 99.5 Å². The highest BCUT2D eigenvalue weighted by Gasteiger charge is 2.24. The first kappa shape index (κ1) is 11.8. The van der Waals surface area contributed by atoms with Crippen molar-refractivity contribution in [3.63, 3.8) is 0 Å². The summed E-state index contributed by atoms with van der Waals surface area (Å²) in [5.41, 5.74) is 6.77. The van der Waals surface area contributed by atoms with Gasteiger partial charge in [-0.1, -0.05) is 17.7 Å². The highest BCUT2D eigenvalue weighted by Crippen LogP contribution is 2.22. The number of nitrogens with two attached hydrogens (primary N) is 1. The topological polar surface area (TPSA) is 35.2 Å². The minimum absolute atomic E-state index is 0.129. The third-order valence-corrected chi connectivity index (χ3v) is 3.24. The van der Waals surface area contributed by atoms with Crippen LogP contribution < -0.4 is 5.73 Å². The number of ether oxygens (including phenoxy) is 1. The molecular formula is C12H15ClFNO. The molecule has 16 heavy (non-hydrogen) atoms. The molecule has 1 fully saturated rings. The van der Waals surface area contributed by atoms with Gasteiger partial charge in [0.1, 0.15) is 5.82 Å². The van der Waals surface area contributed by atoms with Crippen LogP contribution in [0.4, 0.5) is 4.39 Å². The van der Waals surface area contributed by atoms with Crippen LogP contribution in [0.25, 0.3) is 0 Å². The number of hydrogen-bond donors (Lipinski definition) is 1. The zero-order valence-electron chi connectivity index (χ0n) is 8.96. The lowest BCUT2D eigenvalue weighted by Crippen LogP contribution is -2.31. The van der Waals surface area contributed by atoms with Crippen molar-refractivity contribution in [1.29, 1.82) is 0 Å². The Morgan fingerprint density at radius 2 is 2.25 bits per heavy atom. The van der Waals surface area contributed by atoms with Crippen LogP contribution in [-0.2, 0) is 11.3 Å². The maximum Gasteiger partial charge on any atom is 0.141 e. The zero-order valence-corrected chi connectivity index (χ0v) is 9.71. The van der Waals surface area contributed by atoms with Crippen molar-refractivity contribution in [3.8, 4) is 0 Å². The van der Waals surface area contributed by atoms with Crippen LogP contribution >= 0.6 is 11.6 Å². The number of benzene rings is 1. The van der Waals surface area contributed by atoms with E-state index in [0.29, 0.717) is 6.61 Å². The van der Waals surface area contributed by atoms with Gasteiger partial charge < -0.3 is 10.5 Å². The van der Waals surface area contributed by atoms with Gasteiger partial charge in [0.05, 0.1) is 17.7 Å². The lowest BCUT2D eigenvalue weighted by molar-refractivity contribution is 0.0357. The normalized spacial score (nSPS) is 24.9. The molecule has 1 saturated carbocycles. The second-order valence-electron chi connectivity index (χ2n) is 4.19. The van der Waals surface area contributed by atoms with Gasteiger partial charge in [0.25, 0.3) is 0 Å². The first-order chi connectivity index (χ1) is 7.66. The zero-order chi connectivity index (χ0) is 11.5. The van der Waals surface area contributed by atoms with Gasteiger partial charge in [-0.3, -0.25) is 0 Å². The van der Waals surface area contributed by atoms with Crippen LogP contribution in [-0.4, -0.2) is 12.1 Å². The van der Waals surface area contributed by atoms with Gasteiger partial charge in [-0.15, -0.1) is 0 Å². The van der Waals surface area contributed by atoms with Crippen molar-refractivity contribution in [3.05, 3.63) is 34.6 Å². The summed E-state index contributed by atoms with van der Waals surface area (Å²) >= 11 is 5.68. The molecule has 2 unspecified atom stereocenters. The van der Waals surface area contributed by atoms with Crippen molar-refractivity contribution in [2.75, 3.05) is 0 Å². The van der Waals surface area contributed by atoms with E-state index in [1.54, 1.807) is 12.1 Å². The lowest BCUT2D eigenvalue weighted by atomic mass is 10.2. The highest BCUT2D eigenvalue weighted by atomic mass is 35.5. The van der Waals surface area contributed by atoms with Crippen LogP contribution in [0.5, 0.6) is 0 Å². The van der Waals surface area contributed by atoms with E-state index in [1.807, 2.05) is 0 Å². The average Bonchev–Trinajstić information content (AvgIpc) is 2.66. The Balaban J connectivity index is 1.91. The summed E-state index contributed by atoms with van der Waals surface area (Å²) in [6.45, 7) is 0.443. The summed E-state index contributed by atoms with van der Waals surface area (Å²) in [6.07, 6.45) is 3.28. The first-order valence-electron chi connectivity index (χ1n) is 5.48. The molecule has 2 rings (SSSR count). The molecule has 0 aromatic heterocycles. The predicted molar refractivity (Wildman–Crippen MR) is 61.8 cm³/mol. The van der Waals surface area contributed by atoms with Crippen molar-refractivity contribution >= 4 is 11.6 Å². The molecule has 0 radical (unpaired) electrons. The minimum Gasteiger partial charge on any atom is -0.372 e. The molecule has 1 aromatic carbocycles. The van der Waals surface area contributed by atoms with E-state index >= 15 is 0 Å². The molecule has 4 heteroatoms. The van der Waals surface area contributed by atoms with Crippen molar-refractivity contribution in [2.45, 2.75) is 38.0 Å². The summed E-state index contributed by atoms with van der Waals surface area (Å²) in [5.74, 6) is -0.400. The molecule has 2 nitrogen and oxygen atoms in total. The molecule has 2 N–H and O–H groups in total. The van der Waals surface area contributed by atoms with Gasteiger partial charge in [0, 0.05) is 6.04 Å². The summed E-state index contributed by atoms with van der Waals surface area (Å²) in [7, 11) is 0. The number of hydrogen-bond acceptors (Lipinski definition) is 2. The van der Waals surface area contributed by atoms with Gasteiger partial charge in [-0.25, -0.2) is 4.39 Å². The Bertz CT molecular complexity index is 372. The molecule has 1 aromatic rings. The molecule has 88 valence electrons. The molecule has 0 aliphatic heterocycles. The summed E-state index contributed by atoms with van der Waals surface area (Å²) in [6, 6.07) is 4.77. The van der Waals surface area contributed by atoms with Gasteiger partial charge in [-0.05, 0) is 37.0 Å². The van der Waals surface area contributed by atoms with Gasteiger partial charge in [0.2, 0.25) is 0 Å². The van der Waals surface area contributed by atoms with Gasteiger partial charge in [0.15, 0.2) is 0 Å². The monoisotopic (exact) mass is 243 g/mol. The fraction of sp³-hybridized carbons (Fsp3) is 0.500. The summed E-state index contributed by atoms with van der Waals surface area (Å²) in [4.78, 5) is 0. The molecule has 0 amide bonds. The van der Waals surface area contributed by atoms with Gasteiger partial charge in [-0.2, -0.15) is 0 Å². The summed E-state index contributed by atoms with van der Waals surface area (Å²) in [5, 5.41) is 0.136. The predicted octanol–water partition coefficient (Wildman–Crippen LogP) is 2.88. The standard InChI is InChI=1S/C12H15ClFNO/c13-9-6-8(4-5-10(9)14)7-16-12-3-1-2-11(12)15/h4-6,11-12H,1-3,7,15H2. The van der Waals surface area contributed by atoms with E-state index in [9.17, 15) is 4.39 Å². The Morgan fingerprint density at radius 1 is 1.44 bits per heavy atom. The number of rotatable bonds is 3. The highest BCUT2D eigenvalue weighted by molar-refractivity contribution is 6.30. The van der Waals surface area contributed by atoms with E-state index in [2.05, 4.69) is 0 Å². The average molecular weight is 244 g/mol. The van der Waals surface area contributed by atoms with Crippen LogP contribution in [0.2, 0.25) is 5.02 Å². The Morgan fingerprint density at radius 3 is 2.88 bits per heavy atom. The molecular weight excluding hydrogens is 229 g/mol. The third kappa shape index (κ3) is 2.73. The summed E-state index contributed by atoms with van der Waals surface area (Å²) < 4.78 is 18.6. The maximum absolute atomic E-state index is 12.9. The van der Waals surface area contributed by atoms with E-state index in [1.165, 1.54) is 6.07 Å². The molecule has 2 atom stereocenters. The largest absolute Gasteiger partial charge is 0.372 e. The molecule has 1 aliphatic carbocycles. The van der Waals surface area contributed by atoms with Crippen LogP contribution in [0, 0.1) is 5.82 Å². The molecule has 0 saturated heterocycles. The maximum atomic E-state index is 12.9. The van der Waals surface area contributed by atoms with Crippen LogP contribution in [0.3, 0.4) is 0 Å². The van der Waals surface area contributed by atoms with Crippen LogP contribution in [0.1, 0.15) is 24.8 Å². The third-order valence-electron chi connectivity index (χ3n) is 2.95. The Kier molecular flexibility index (Phi) is 3.79. The van der Waals surface area contributed by atoms with Gasteiger partial charge >= 0.3 is 0 Å². The Hall–Kier alpha value is -0.640. The van der Waals surface area contributed by atoms with Crippen LogP contribution in [0.15, 0.2) is 18.2 Å². The van der Waals surface area contributed by atoms with E-state index in [4.69, 9.17) is 22.1 Å². The van der Waals surface area contributed by atoms with E-state index in [0.717, 1.165) is 24.8 Å². The molecule has 1 aliphatic rings. The fourth-order valence-corrected chi connectivity index (χ4v) is 2.20. The minimum atomic E-state index is -0.400. The number of halogens is 2. The molecule has 0 heterocycles. The van der Waals surface area contributed by atoms with Crippen molar-refractivity contribution in [1.82, 2.24) is 0 Å². The van der Waals surface area contributed by atoms with Crippen molar-refractivity contribution in [2.24, 2.45) is 5.73 Å². The van der Waals surface area contributed by atoms with Crippen molar-refractivity contribution < 1.29 is 9.13 Å². The quantitative estimate of drug-likeness (QED) is 0.886. The second kappa shape index (κ2) is 5.13. The lowest BCUT2D eigenvalue weighted by Gasteiger charge is -2.16. The SMILES string of the molecule is NC1CCCC1OCc1ccc(F)c(Cl)c1. The first-order valence-corrected chi connectivity index (χ1v) is 5.86. The molecule has 0 bridgehead atoms. The molecule has 0 spiro atoms. The van der Waals surface area contributed by atoms with E-state index in [-0.39, 0.29) is 17.2 Å². The fourth-order valence-electron chi connectivity index (χ4n) is 1.99. The smallest absolute Gasteiger partial charge is 0.141 e.